The first-order valence-corrected chi connectivity index (χ1v) is 13.2. The third-order valence-electron chi connectivity index (χ3n) is 7.18. The van der Waals surface area contributed by atoms with Gasteiger partial charge in [-0.25, -0.2) is 0 Å². The molecule has 1 N–H and O–H groups in total. The molecule has 0 aliphatic rings. The molecule has 0 saturated heterocycles. The normalized spacial score (nSPS) is 11.2. The third-order valence-corrected chi connectivity index (χ3v) is 7.18. The molecule has 0 unspecified atom stereocenters. The van der Waals surface area contributed by atoms with Crippen molar-refractivity contribution in [2.45, 2.75) is 5.60 Å². The van der Waals surface area contributed by atoms with E-state index in [9.17, 15) is 5.11 Å². The molecule has 39 heavy (non-hydrogen) atoms. The minimum absolute atomic E-state index is 0.808. The molecule has 0 radical (unpaired) electrons. The maximum atomic E-state index is 12.5. The summed E-state index contributed by atoms with van der Waals surface area (Å²) >= 11 is 0. The Balaban J connectivity index is 1.61. The fourth-order valence-corrected chi connectivity index (χ4v) is 4.95. The van der Waals surface area contributed by atoms with Gasteiger partial charge in [-0.3, -0.25) is 0 Å². The number of anilines is 5. The highest BCUT2D eigenvalue weighted by atomic mass is 16.3. The Bertz CT molecular complexity index is 1390. The van der Waals surface area contributed by atoms with Crippen LogP contribution in [0.1, 0.15) is 16.7 Å². The lowest BCUT2D eigenvalue weighted by atomic mass is 9.80. The fourth-order valence-electron chi connectivity index (χ4n) is 4.95. The SMILES string of the molecule is CN(C)c1ccc(C(O)(c2ccc(N(C)C)cc2)c2ccc(N(c3ccccc3)c3ccccc3)cc2)cc1. The zero-order valence-corrected chi connectivity index (χ0v) is 23.0. The van der Waals surface area contributed by atoms with Crippen LogP contribution in [0, 0.1) is 0 Å². The summed E-state index contributed by atoms with van der Waals surface area (Å²) in [6, 6.07) is 45.2. The highest BCUT2D eigenvalue weighted by Gasteiger charge is 2.34. The predicted molar refractivity (Wildman–Crippen MR) is 165 cm³/mol. The molecule has 0 fully saturated rings. The smallest absolute Gasteiger partial charge is 0.140 e. The Hall–Kier alpha value is -4.54. The Kier molecular flexibility index (Phi) is 7.40. The van der Waals surface area contributed by atoms with E-state index in [1.54, 1.807) is 0 Å². The average molecular weight is 514 g/mol. The molecule has 5 aromatic carbocycles. The Morgan fingerprint density at radius 1 is 0.385 bits per heavy atom. The summed E-state index contributed by atoms with van der Waals surface area (Å²) in [5, 5.41) is 12.5. The van der Waals surface area contributed by atoms with Crippen LogP contribution < -0.4 is 14.7 Å². The van der Waals surface area contributed by atoms with Gasteiger partial charge in [0.25, 0.3) is 0 Å². The van der Waals surface area contributed by atoms with Gasteiger partial charge in [-0.15, -0.1) is 0 Å². The highest BCUT2D eigenvalue weighted by Crippen LogP contribution is 2.40. The molecule has 0 aliphatic heterocycles. The van der Waals surface area contributed by atoms with E-state index in [0.717, 1.165) is 45.1 Å². The van der Waals surface area contributed by atoms with Gasteiger partial charge in [-0.2, -0.15) is 0 Å². The molecule has 0 saturated carbocycles. The van der Waals surface area contributed by atoms with Crippen LogP contribution in [0.2, 0.25) is 0 Å². The largest absolute Gasteiger partial charge is 0.378 e. The number of hydrogen-bond donors (Lipinski definition) is 1. The van der Waals surface area contributed by atoms with E-state index in [2.05, 4.69) is 75.4 Å². The standard InChI is InChI=1S/C35H35N3O/c1-36(2)30-21-15-27(16-22-30)35(39,28-17-23-31(24-18-28)37(3)4)29-19-25-34(26-20-29)38(32-11-7-5-8-12-32)33-13-9-6-10-14-33/h5-26,39H,1-4H3. The van der Waals surface area contributed by atoms with Gasteiger partial charge in [0.1, 0.15) is 5.60 Å². The molecule has 0 heterocycles. The summed E-state index contributed by atoms with van der Waals surface area (Å²) < 4.78 is 0. The number of rotatable bonds is 8. The quantitative estimate of drug-likeness (QED) is 0.217. The number of para-hydroxylation sites is 2. The van der Waals surface area contributed by atoms with E-state index in [1.807, 2.05) is 101 Å². The van der Waals surface area contributed by atoms with Crippen LogP contribution in [0.25, 0.3) is 0 Å². The van der Waals surface area contributed by atoms with E-state index in [0.29, 0.717) is 0 Å². The second kappa shape index (κ2) is 11.1. The van der Waals surface area contributed by atoms with Crippen molar-refractivity contribution in [1.29, 1.82) is 0 Å². The Morgan fingerprint density at radius 3 is 0.974 bits per heavy atom. The van der Waals surface area contributed by atoms with Crippen LogP contribution >= 0.6 is 0 Å². The topological polar surface area (TPSA) is 30.0 Å². The number of benzene rings is 5. The first-order chi connectivity index (χ1) is 18.9. The maximum Gasteiger partial charge on any atom is 0.140 e. The van der Waals surface area contributed by atoms with Gasteiger partial charge in [0.05, 0.1) is 0 Å². The summed E-state index contributed by atoms with van der Waals surface area (Å²) in [4.78, 5) is 6.34. The molecule has 0 aromatic heterocycles. The minimum Gasteiger partial charge on any atom is -0.378 e. The zero-order valence-electron chi connectivity index (χ0n) is 23.0. The van der Waals surface area contributed by atoms with Gasteiger partial charge < -0.3 is 19.8 Å². The van der Waals surface area contributed by atoms with Crippen molar-refractivity contribution in [2.75, 3.05) is 42.9 Å². The third kappa shape index (κ3) is 5.25. The lowest BCUT2D eigenvalue weighted by Crippen LogP contribution is -2.29. The van der Waals surface area contributed by atoms with Crippen molar-refractivity contribution in [2.24, 2.45) is 0 Å². The van der Waals surface area contributed by atoms with E-state index >= 15 is 0 Å². The Labute approximate surface area is 232 Å². The van der Waals surface area contributed by atoms with Crippen LogP contribution in [-0.4, -0.2) is 33.3 Å². The first kappa shape index (κ1) is 26.1. The summed E-state index contributed by atoms with van der Waals surface area (Å²) in [6.07, 6.45) is 0. The molecule has 196 valence electrons. The number of hydrogen-bond acceptors (Lipinski definition) is 4. The van der Waals surface area contributed by atoms with Gasteiger partial charge >= 0.3 is 0 Å². The molecule has 0 bridgehead atoms. The van der Waals surface area contributed by atoms with Gasteiger partial charge in [0, 0.05) is 56.6 Å². The first-order valence-electron chi connectivity index (χ1n) is 13.2. The predicted octanol–water partition coefficient (Wildman–Crippen LogP) is 7.57. The number of aliphatic hydroxyl groups is 1. The van der Waals surface area contributed by atoms with Crippen molar-refractivity contribution in [3.63, 3.8) is 0 Å². The van der Waals surface area contributed by atoms with Crippen molar-refractivity contribution >= 4 is 28.4 Å². The van der Waals surface area contributed by atoms with Crippen molar-refractivity contribution < 1.29 is 5.11 Å². The van der Waals surface area contributed by atoms with Gasteiger partial charge in [0.2, 0.25) is 0 Å². The van der Waals surface area contributed by atoms with E-state index in [1.165, 1.54) is 0 Å². The molecule has 4 nitrogen and oxygen atoms in total. The van der Waals surface area contributed by atoms with Crippen LogP contribution in [0.4, 0.5) is 28.4 Å². The van der Waals surface area contributed by atoms with Crippen molar-refractivity contribution in [3.05, 3.63) is 150 Å². The summed E-state index contributed by atoms with van der Waals surface area (Å²) in [5.74, 6) is 0. The van der Waals surface area contributed by atoms with Gasteiger partial charge in [0.15, 0.2) is 0 Å². The summed E-state index contributed by atoms with van der Waals surface area (Å²) in [7, 11) is 8.08. The number of nitrogens with zero attached hydrogens (tertiary/aromatic N) is 3. The lowest BCUT2D eigenvalue weighted by Gasteiger charge is -2.32. The summed E-state index contributed by atoms with van der Waals surface area (Å²) in [5.41, 5.74) is 6.46. The summed E-state index contributed by atoms with van der Waals surface area (Å²) in [6.45, 7) is 0. The highest BCUT2D eigenvalue weighted by molar-refractivity contribution is 5.76. The molecule has 5 aromatic rings. The van der Waals surface area contributed by atoms with E-state index in [4.69, 9.17) is 0 Å². The second-order valence-electron chi connectivity index (χ2n) is 10.1. The van der Waals surface area contributed by atoms with Gasteiger partial charge in [-0.1, -0.05) is 72.8 Å². The minimum atomic E-state index is -1.32. The molecular formula is C35H35N3O. The van der Waals surface area contributed by atoms with Crippen molar-refractivity contribution in [3.8, 4) is 0 Å². The molecule has 5 rings (SSSR count). The van der Waals surface area contributed by atoms with Crippen LogP contribution in [0.15, 0.2) is 133 Å². The molecule has 0 atom stereocenters. The average Bonchev–Trinajstić information content (AvgIpc) is 2.98. The van der Waals surface area contributed by atoms with Crippen LogP contribution in [-0.2, 0) is 5.60 Å². The van der Waals surface area contributed by atoms with Crippen LogP contribution in [0.5, 0.6) is 0 Å². The molecular weight excluding hydrogens is 478 g/mol. The van der Waals surface area contributed by atoms with Crippen molar-refractivity contribution in [1.82, 2.24) is 0 Å². The van der Waals surface area contributed by atoms with Gasteiger partial charge in [-0.05, 0) is 77.4 Å². The maximum absolute atomic E-state index is 12.5. The zero-order chi connectivity index (χ0) is 27.4. The lowest BCUT2D eigenvalue weighted by molar-refractivity contribution is 0.126. The monoisotopic (exact) mass is 513 g/mol. The molecule has 0 spiro atoms. The molecule has 4 heteroatoms. The van der Waals surface area contributed by atoms with Crippen LogP contribution in [0.3, 0.4) is 0 Å². The molecule has 0 aliphatic carbocycles. The molecule has 0 amide bonds. The fraction of sp³-hybridized carbons (Fsp3) is 0.143. The Morgan fingerprint density at radius 2 is 0.667 bits per heavy atom. The second-order valence-corrected chi connectivity index (χ2v) is 10.1. The van der Waals surface area contributed by atoms with E-state index in [-0.39, 0.29) is 0 Å². The van der Waals surface area contributed by atoms with E-state index < -0.39 is 5.60 Å².